The molecule has 0 aliphatic rings. The van der Waals surface area contributed by atoms with Gasteiger partial charge in [0.15, 0.2) is 0 Å². The van der Waals surface area contributed by atoms with E-state index in [-0.39, 0.29) is 12.2 Å². The lowest BCUT2D eigenvalue weighted by Crippen LogP contribution is -2.14. The van der Waals surface area contributed by atoms with Gasteiger partial charge in [0, 0.05) is 12.6 Å². The highest BCUT2D eigenvalue weighted by Crippen LogP contribution is 2.20. The number of rotatable bonds is 3. The van der Waals surface area contributed by atoms with Crippen molar-refractivity contribution in [2.45, 2.75) is 12.5 Å². The van der Waals surface area contributed by atoms with Gasteiger partial charge < -0.3 is 10.8 Å². The molecule has 0 aliphatic heterocycles. The first-order valence-corrected chi connectivity index (χ1v) is 4.25. The van der Waals surface area contributed by atoms with Crippen molar-refractivity contribution in [3.8, 4) is 6.07 Å². The Morgan fingerprint density at radius 1 is 1.57 bits per heavy atom. The van der Waals surface area contributed by atoms with Crippen molar-refractivity contribution < 1.29 is 9.50 Å². The third kappa shape index (κ3) is 2.08. The van der Waals surface area contributed by atoms with E-state index in [0.717, 1.165) is 0 Å². The number of nitriles is 1. The highest BCUT2D eigenvalue weighted by Gasteiger charge is 2.13. The summed E-state index contributed by atoms with van der Waals surface area (Å²) in [7, 11) is 0. The van der Waals surface area contributed by atoms with E-state index in [0.29, 0.717) is 12.0 Å². The normalized spacial score (nSPS) is 12.1. The largest absolute Gasteiger partial charge is 0.396 e. The molecule has 0 spiro atoms. The van der Waals surface area contributed by atoms with Crippen molar-refractivity contribution in [1.82, 2.24) is 0 Å². The Bertz CT molecular complexity index is 360. The summed E-state index contributed by atoms with van der Waals surface area (Å²) in [5.74, 6) is -0.571. The molecule has 4 heteroatoms. The van der Waals surface area contributed by atoms with E-state index in [1.54, 1.807) is 12.1 Å². The topological polar surface area (TPSA) is 70.0 Å². The highest BCUT2D eigenvalue weighted by atomic mass is 19.1. The van der Waals surface area contributed by atoms with Gasteiger partial charge in [-0.05, 0) is 18.1 Å². The zero-order chi connectivity index (χ0) is 10.6. The van der Waals surface area contributed by atoms with Gasteiger partial charge in [-0.3, -0.25) is 0 Å². The minimum atomic E-state index is -0.571. The molecule has 3 nitrogen and oxygen atoms in total. The Balaban J connectivity index is 3.08. The van der Waals surface area contributed by atoms with Crippen LogP contribution in [0.1, 0.15) is 23.6 Å². The van der Waals surface area contributed by atoms with Crippen LogP contribution in [0.25, 0.3) is 0 Å². The second kappa shape index (κ2) is 4.70. The van der Waals surface area contributed by atoms with Crippen molar-refractivity contribution in [2.24, 2.45) is 5.73 Å². The molecule has 0 fully saturated rings. The lowest BCUT2D eigenvalue weighted by Gasteiger charge is -2.11. The molecule has 1 aromatic rings. The van der Waals surface area contributed by atoms with E-state index in [1.807, 2.05) is 0 Å². The Kier molecular flexibility index (Phi) is 3.57. The fraction of sp³-hybridized carbons (Fsp3) is 0.300. The number of halogens is 1. The van der Waals surface area contributed by atoms with E-state index >= 15 is 0 Å². The Morgan fingerprint density at radius 2 is 2.29 bits per heavy atom. The van der Waals surface area contributed by atoms with Gasteiger partial charge in [-0.1, -0.05) is 12.1 Å². The lowest BCUT2D eigenvalue weighted by molar-refractivity contribution is 0.276. The predicted molar refractivity (Wildman–Crippen MR) is 49.7 cm³/mol. The number of aliphatic hydroxyl groups excluding tert-OH is 1. The maximum absolute atomic E-state index is 13.1. The number of nitrogens with two attached hydrogens (primary N) is 1. The zero-order valence-electron chi connectivity index (χ0n) is 7.57. The molecule has 0 aromatic heterocycles. The molecule has 0 heterocycles. The van der Waals surface area contributed by atoms with Crippen molar-refractivity contribution in [3.63, 3.8) is 0 Å². The van der Waals surface area contributed by atoms with E-state index in [1.165, 1.54) is 12.1 Å². The van der Waals surface area contributed by atoms with Crippen LogP contribution in [0.5, 0.6) is 0 Å². The summed E-state index contributed by atoms with van der Waals surface area (Å²) in [5, 5.41) is 17.4. The van der Waals surface area contributed by atoms with Gasteiger partial charge in [0.2, 0.25) is 0 Å². The molecule has 0 radical (unpaired) electrons. The number of nitrogens with zero attached hydrogens (tertiary/aromatic N) is 1. The predicted octanol–water partition coefficient (Wildman–Crippen LogP) is 1.08. The summed E-state index contributed by atoms with van der Waals surface area (Å²) in [6, 6.07) is 5.59. The van der Waals surface area contributed by atoms with Crippen LogP contribution < -0.4 is 5.73 Å². The molecular weight excluding hydrogens is 183 g/mol. The zero-order valence-corrected chi connectivity index (χ0v) is 7.57. The average molecular weight is 194 g/mol. The second-order valence-electron chi connectivity index (χ2n) is 2.93. The Morgan fingerprint density at radius 3 is 2.86 bits per heavy atom. The molecule has 0 saturated heterocycles. The molecule has 0 bridgehead atoms. The highest BCUT2D eigenvalue weighted by molar-refractivity contribution is 5.40. The SMILES string of the molecule is N#Cc1c(F)cccc1C(N)CCO. The Labute approximate surface area is 81.6 Å². The number of aliphatic hydroxyl groups is 1. The fourth-order valence-electron chi connectivity index (χ4n) is 1.26. The second-order valence-corrected chi connectivity index (χ2v) is 2.93. The monoisotopic (exact) mass is 194 g/mol. The van der Waals surface area contributed by atoms with Crippen molar-refractivity contribution in [1.29, 1.82) is 5.26 Å². The summed E-state index contributed by atoms with van der Waals surface area (Å²) in [6.07, 6.45) is 0.318. The van der Waals surface area contributed by atoms with Crippen molar-refractivity contribution >= 4 is 0 Å². The lowest BCUT2D eigenvalue weighted by atomic mass is 9.99. The molecule has 1 aromatic carbocycles. The first kappa shape index (κ1) is 10.6. The summed E-state index contributed by atoms with van der Waals surface area (Å²) in [6.45, 7) is -0.0808. The van der Waals surface area contributed by atoms with Gasteiger partial charge in [-0.15, -0.1) is 0 Å². The van der Waals surface area contributed by atoms with E-state index < -0.39 is 11.9 Å². The quantitative estimate of drug-likeness (QED) is 0.756. The molecular formula is C10H11FN2O. The summed E-state index contributed by atoms with van der Waals surface area (Å²) < 4.78 is 13.1. The van der Waals surface area contributed by atoms with Crippen LogP contribution in [0.4, 0.5) is 4.39 Å². The van der Waals surface area contributed by atoms with Crippen molar-refractivity contribution in [3.05, 3.63) is 35.1 Å². The Hall–Kier alpha value is -1.44. The molecule has 14 heavy (non-hydrogen) atoms. The van der Waals surface area contributed by atoms with Crippen LogP contribution in [0, 0.1) is 17.1 Å². The van der Waals surface area contributed by atoms with Gasteiger partial charge >= 0.3 is 0 Å². The smallest absolute Gasteiger partial charge is 0.141 e. The van der Waals surface area contributed by atoms with Gasteiger partial charge in [0.1, 0.15) is 11.9 Å². The minimum absolute atomic E-state index is 0.0338. The molecule has 74 valence electrons. The minimum Gasteiger partial charge on any atom is -0.396 e. The van der Waals surface area contributed by atoms with Gasteiger partial charge in [-0.25, -0.2) is 4.39 Å². The van der Waals surface area contributed by atoms with E-state index in [4.69, 9.17) is 16.1 Å². The molecule has 1 unspecified atom stereocenters. The third-order valence-corrected chi connectivity index (χ3v) is 2.00. The van der Waals surface area contributed by atoms with Crippen molar-refractivity contribution in [2.75, 3.05) is 6.61 Å². The van der Waals surface area contributed by atoms with Crippen LogP contribution in [-0.4, -0.2) is 11.7 Å². The van der Waals surface area contributed by atoms with Crippen LogP contribution in [-0.2, 0) is 0 Å². The molecule has 3 N–H and O–H groups in total. The van der Waals surface area contributed by atoms with Gasteiger partial charge in [0.05, 0.1) is 5.56 Å². The number of benzene rings is 1. The molecule has 0 aliphatic carbocycles. The van der Waals surface area contributed by atoms with Crippen LogP contribution in [0.15, 0.2) is 18.2 Å². The van der Waals surface area contributed by atoms with Gasteiger partial charge in [-0.2, -0.15) is 5.26 Å². The summed E-state index contributed by atoms with van der Waals surface area (Å²) >= 11 is 0. The summed E-state index contributed by atoms with van der Waals surface area (Å²) in [4.78, 5) is 0. The van der Waals surface area contributed by atoms with Gasteiger partial charge in [0.25, 0.3) is 0 Å². The first-order valence-electron chi connectivity index (χ1n) is 4.25. The van der Waals surface area contributed by atoms with Crippen LogP contribution in [0.2, 0.25) is 0 Å². The molecule has 0 amide bonds. The fourth-order valence-corrected chi connectivity index (χ4v) is 1.26. The number of hydrogen-bond acceptors (Lipinski definition) is 3. The maximum atomic E-state index is 13.1. The molecule has 0 saturated carbocycles. The van der Waals surface area contributed by atoms with Crippen LogP contribution >= 0.6 is 0 Å². The maximum Gasteiger partial charge on any atom is 0.141 e. The molecule has 1 atom stereocenters. The van der Waals surface area contributed by atoms with E-state index in [2.05, 4.69) is 0 Å². The summed E-state index contributed by atoms with van der Waals surface area (Å²) in [5.41, 5.74) is 6.09. The number of hydrogen-bond donors (Lipinski definition) is 2. The van der Waals surface area contributed by atoms with Crippen LogP contribution in [0.3, 0.4) is 0 Å². The first-order chi connectivity index (χ1) is 6.70. The standard InChI is InChI=1S/C10H11FN2O/c11-9-3-1-2-7(8(9)6-12)10(13)4-5-14/h1-3,10,14H,4-5,13H2. The third-order valence-electron chi connectivity index (χ3n) is 2.00. The van der Waals surface area contributed by atoms with E-state index in [9.17, 15) is 4.39 Å². The average Bonchev–Trinajstić information content (AvgIpc) is 2.17. The molecule has 1 rings (SSSR count).